The predicted octanol–water partition coefficient (Wildman–Crippen LogP) is 4.32. The van der Waals surface area contributed by atoms with Crippen LogP contribution in [0.25, 0.3) is 10.9 Å². The number of aromatic amines is 1. The lowest BCUT2D eigenvalue weighted by atomic mass is 10.1. The van der Waals surface area contributed by atoms with Crippen LogP contribution in [0.1, 0.15) is 47.4 Å². The summed E-state index contributed by atoms with van der Waals surface area (Å²) in [4.78, 5) is 27.6. The van der Waals surface area contributed by atoms with Crippen LogP contribution in [-0.2, 0) is 4.79 Å². The number of carbonyl (C=O) groups excluding carboxylic acids is 2. The van der Waals surface area contributed by atoms with Gasteiger partial charge in [0.1, 0.15) is 5.69 Å². The molecular formula is C22H23N3O2. The van der Waals surface area contributed by atoms with Crippen molar-refractivity contribution in [1.82, 2.24) is 10.3 Å². The molecule has 5 heteroatoms. The first-order valence-corrected chi connectivity index (χ1v) is 9.30. The Morgan fingerprint density at radius 1 is 1.07 bits per heavy atom. The zero-order valence-corrected chi connectivity index (χ0v) is 15.5. The molecule has 138 valence electrons. The van der Waals surface area contributed by atoms with Crippen LogP contribution in [-0.4, -0.2) is 16.8 Å². The Labute approximate surface area is 158 Å². The molecule has 2 aromatic carbocycles. The SMILES string of the molecule is Cc1ccc2[nH]c(C(=O)NC(C)c3ccc(NC(=O)C4CC4)cc3)cc2c1. The van der Waals surface area contributed by atoms with Crippen LogP contribution < -0.4 is 10.6 Å². The smallest absolute Gasteiger partial charge is 0.268 e. The Balaban J connectivity index is 1.41. The number of nitrogens with one attached hydrogen (secondary N) is 3. The van der Waals surface area contributed by atoms with Crippen molar-refractivity contribution < 1.29 is 9.59 Å². The lowest BCUT2D eigenvalue weighted by molar-refractivity contribution is -0.117. The van der Waals surface area contributed by atoms with Crippen LogP contribution in [0, 0.1) is 12.8 Å². The van der Waals surface area contributed by atoms with E-state index in [2.05, 4.69) is 21.7 Å². The van der Waals surface area contributed by atoms with Crippen LogP contribution in [0.15, 0.2) is 48.5 Å². The van der Waals surface area contributed by atoms with Crippen LogP contribution in [0.4, 0.5) is 5.69 Å². The standard InChI is InChI=1S/C22H23N3O2/c1-13-3-10-19-17(11-13)12-20(25-19)22(27)23-14(2)15-6-8-18(9-7-15)24-21(26)16-4-5-16/h3,6-12,14,16,25H,4-5H2,1-2H3,(H,23,27)(H,24,26). The number of rotatable bonds is 5. The second kappa shape index (κ2) is 6.91. The lowest BCUT2D eigenvalue weighted by Gasteiger charge is -2.14. The number of amides is 2. The molecule has 4 rings (SSSR count). The molecule has 1 heterocycles. The van der Waals surface area contributed by atoms with Crippen molar-refractivity contribution in [3.63, 3.8) is 0 Å². The highest BCUT2D eigenvalue weighted by Gasteiger charge is 2.29. The van der Waals surface area contributed by atoms with Gasteiger partial charge in [-0.3, -0.25) is 9.59 Å². The summed E-state index contributed by atoms with van der Waals surface area (Å²) < 4.78 is 0. The Bertz CT molecular complexity index is 1000. The Hall–Kier alpha value is -3.08. The fourth-order valence-electron chi connectivity index (χ4n) is 3.18. The van der Waals surface area contributed by atoms with Crippen molar-refractivity contribution in [2.24, 2.45) is 5.92 Å². The second-order valence-corrected chi connectivity index (χ2v) is 7.35. The molecule has 1 aliphatic rings. The molecule has 3 N–H and O–H groups in total. The maximum absolute atomic E-state index is 12.6. The highest BCUT2D eigenvalue weighted by molar-refractivity contribution is 5.98. The van der Waals surface area contributed by atoms with Gasteiger partial charge in [0, 0.05) is 22.5 Å². The molecule has 27 heavy (non-hydrogen) atoms. The monoisotopic (exact) mass is 361 g/mol. The minimum atomic E-state index is -0.140. The van der Waals surface area contributed by atoms with E-state index in [1.165, 1.54) is 0 Å². The molecular weight excluding hydrogens is 338 g/mol. The quantitative estimate of drug-likeness (QED) is 0.633. The number of aromatic nitrogens is 1. The zero-order chi connectivity index (χ0) is 19.0. The molecule has 0 radical (unpaired) electrons. The fourth-order valence-corrected chi connectivity index (χ4v) is 3.18. The molecule has 0 saturated heterocycles. The van der Waals surface area contributed by atoms with Crippen molar-refractivity contribution >= 4 is 28.4 Å². The summed E-state index contributed by atoms with van der Waals surface area (Å²) in [6, 6.07) is 15.4. The number of carbonyl (C=O) groups is 2. The molecule has 1 fully saturated rings. The topological polar surface area (TPSA) is 74.0 Å². The molecule has 1 saturated carbocycles. The van der Waals surface area contributed by atoms with Gasteiger partial charge < -0.3 is 15.6 Å². The minimum absolute atomic E-state index is 0.0955. The number of aryl methyl sites for hydroxylation is 1. The number of hydrogen-bond acceptors (Lipinski definition) is 2. The molecule has 1 aliphatic carbocycles. The first-order valence-electron chi connectivity index (χ1n) is 9.30. The van der Waals surface area contributed by atoms with Gasteiger partial charge >= 0.3 is 0 Å². The third-order valence-electron chi connectivity index (χ3n) is 4.99. The van der Waals surface area contributed by atoms with Crippen molar-refractivity contribution in [3.05, 3.63) is 65.4 Å². The molecule has 0 spiro atoms. The van der Waals surface area contributed by atoms with Gasteiger partial charge in [-0.05, 0) is 62.6 Å². The molecule has 1 aromatic heterocycles. The number of anilines is 1. The van der Waals surface area contributed by atoms with Crippen molar-refractivity contribution in [2.75, 3.05) is 5.32 Å². The van der Waals surface area contributed by atoms with Gasteiger partial charge in [-0.15, -0.1) is 0 Å². The van der Waals surface area contributed by atoms with Gasteiger partial charge in [0.15, 0.2) is 0 Å². The number of hydrogen-bond donors (Lipinski definition) is 3. The summed E-state index contributed by atoms with van der Waals surface area (Å²) in [6.07, 6.45) is 1.97. The highest BCUT2D eigenvalue weighted by atomic mass is 16.2. The summed E-state index contributed by atoms with van der Waals surface area (Å²) in [6.45, 7) is 3.98. The molecule has 1 atom stereocenters. The van der Waals surface area contributed by atoms with E-state index < -0.39 is 0 Å². The predicted molar refractivity (Wildman–Crippen MR) is 107 cm³/mol. The maximum Gasteiger partial charge on any atom is 0.268 e. The van der Waals surface area contributed by atoms with E-state index in [1.54, 1.807) is 0 Å². The van der Waals surface area contributed by atoms with Crippen molar-refractivity contribution in [1.29, 1.82) is 0 Å². The third kappa shape index (κ3) is 3.87. The summed E-state index contributed by atoms with van der Waals surface area (Å²) in [7, 11) is 0. The Morgan fingerprint density at radius 3 is 2.52 bits per heavy atom. The number of H-pyrrole nitrogens is 1. The molecule has 1 unspecified atom stereocenters. The van der Waals surface area contributed by atoms with Crippen molar-refractivity contribution in [3.8, 4) is 0 Å². The van der Waals surface area contributed by atoms with E-state index in [1.807, 2.05) is 56.3 Å². The van der Waals surface area contributed by atoms with Gasteiger partial charge in [-0.1, -0.05) is 23.8 Å². The average Bonchev–Trinajstić information content (AvgIpc) is 3.42. The Morgan fingerprint density at radius 2 is 1.81 bits per heavy atom. The van der Waals surface area contributed by atoms with Gasteiger partial charge in [-0.25, -0.2) is 0 Å². The van der Waals surface area contributed by atoms with E-state index >= 15 is 0 Å². The highest BCUT2D eigenvalue weighted by Crippen LogP contribution is 2.30. The average molecular weight is 361 g/mol. The first-order chi connectivity index (χ1) is 13.0. The second-order valence-electron chi connectivity index (χ2n) is 7.35. The van der Waals surface area contributed by atoms with Gasteiger partial charge in [0.25, 0.3) is 5.91 Å². The van der Waals surface area contributed by atoms with E-state index in [0.717, 1.165) is 40.6 Å². The summed E-state index contributed by atoms with van der Waals surface area (Å²) >= 11 is 0. The van der Waals surface area contributed by atoms with E-state index in [9.17, 15) is 9.59 Å². The van der Waals surface area contributed by atoms with Crippen LogP contribution >= 0.6 is 0 Å². The Kier molecular flexibility index (Phi) is 4.44. The molecule has 5 nitrogen and oxygen atoms in total. The molecule has 3 aromatic rings. The molecule has 2 amide bonds. The molecule has 0 aliphatic heterocycles. The number of fused-ring (bicyclic) bond motifs is 1. The van der Waals surface area contributed by atoms with Crippen LogP contribution in [0.5, 0.6) is 0 Å². The lowest BCUT2D eigenvalue weighted by Crippen LogP contribution is -2.26. The molecule has 0 bridgehead atoms. The largest absolute Gasteiger partial charge is 0.351 e. The summed E-state index contributed by atoms with van der Waals surface area (Å²) in [5.41, 5.74) is 4.44. The van der Waals surface area contributed by atoms with Crippen molar-refractivity contribution in [2.45, 2.75) is 32.7 Å². The van der Waals surface area contributed by atoms with E-state index in [4.69, 9.17) is 0 Å². The summed E-state index contributed by atoms with van der Waals surface area (Å²) in [5.74, 6) is 0.142. The third-order valence-corrected chi connectivity index (χ3v) is 4.99. The summed E-state index contributed by atoms with van der Waals surface area (Å²) in [5, 5.41) is 6.97. The van der Waals surface area contributed by atoms with Gasteiger partial charge in [0.2, 0.25) is 5.91 Å². The number of benzene rings is 2. The zero-order valence-electron chi connectivity index (χ0n) is 15.5. The van der Waals surface area contributed by atoms with E-state index in [0.29, 0.717) is 5.69 Å². The normalized spacial score (nSPS) is 14.7. The van der Waals surface area contributed by atoms with Crippen LogP contribution in [0.2, 0.25) is 0 Å². The van der Waals surface area contributed by atoms with Crippen LogP contribution in [0.3, 0.4) is 0 Å². The van der Waals surface area contributed by atoms with Gasteiger partial charge in [-0.2, -0.15) is 0 Å². The first kappa shape index (κ1) is 17.3. The van der Waals surface area contributed by atoms with Gasteiger partial charge in [0.05, 0.1) is 6.04 Å². The fraction of sp³-hybridized carbons (Fsp3) is 0.273. The maximum atomic E-state index is 12.6. The van der Waals surface area contributed by atoms with E-state index in [-0.39, 0.29) is 23.8 Å². The minimum Gasteiger partial charge on any atom is -0.351 e.